The molecule has 1 fully saturated rings. The van der Waals surface area contributed by atoms with Crippen LogP contribution in [0.5, 0.6) is 0 Å². The molecule has 0 aliphatic carbocycles. The van der Waals surface area contributed by atoms with Crippen LogP contribution in [0.4, 0.5) is 0 Å². The van der Waals surface area contributed by atoms with Gasteiger partial charge in [-0.3, -0.25) is 4.79 Å². The molecule has 0 aromatic heterocycles. The number of halogens is 1. The minimum absolute atomic E-state index is 0.203. The van der Waals surface area contributed by atoms with E-state index in [-0.39, 0.29) is 5.92 Å². The van der Waals surface area contributed by atoms with Gasteiger partial charge in [0, 0.05) is 37.2 Å². The second kappa shape index (κ2) is 7.90. The van der Waals surface area contributed by atoms with Gasteiger partial charge in [0.25, 0.3) is 0 Å². The molecule has 1 saturated heterocycles. The zero-order valence-electron chi connectivity index (χ0n) is 14.3. The number of likely N-dealkylation sites (tertiary alicyclic amines) is 1. The summed E-state index contributed by atoms with van der Waals surface area (Å²) in [5.41, 5.74) is 2.64. The van der Waals surface area contributed by atoms with Gasteiger partial charge in [-0.1, -0.05) is 30.4 Å². The maximum atomic E-state index is 11.6. The Kier molecular flexibility index (Phi) is 5.85. The number of carboxylic acid groups (broad SMARTS) is 1. The highest BCUT2D eigenvalue weighted by atomic mass is 35.5. The summed E-state index contributed by atoms with van der Waals surface area (Å²) in [6, 6.07) is 6.51. The lowest BCUT2D eigenvalue weighted by Crippen LogP contribution is -2.44. The smallest absolute Gasteiger partial charge is 0.308 e. The van der Waals surface area contributed by atoms with E-state index in [2.05, 4.69) is 24.1 Å². The van der Waals surface area contributed by atoms with E-state index >= 15 is 0 Å². The maximum absolute atomic E-state index is 11.6. The Bertz CT molecular complexity index is 598. The fraction of sp³-hybridized carbons (Fsp3) is 0.611. The van der Waals surface area contributed by atoms with E-state index in [1.54, 1.807) is 0 Å². The summed E-state index contributed by atoms with van der Waals surface area (Å²) in [5.74, 6) is -0.529. The number of carbonyl (C=O) groups is 1. The van der Waals surface area contributed by atoms with Crippen LogP contribution in [0, 0.1) is 11.8 Å². The number of rotatable bonds is 6. The number of nitrogens with zero attached hydrogens (tertiary/aromatic N) is 1. The number of fused-ring (bicyclic) bond motifs is 1. The largest absolute Gasteiger partial charge is 0.481 e. The molecule has 0 radical (unpaired) electrons. The Morgan fingerprint density at radius 3 is 2.96 bits per heavy atom. The van der Waals surface area contributed by atoms with Crippen LogP contribution < -0.4 is 5.32 Å². The van der Waals surface area contributed by atoms with Gasteiger partial charge in [0.15, 0.2) is 0 Å². The van der Waals surface area contributed by atoms with E-state index in [1.807, 2.05) is 12.1 Å². The molecule has 2 unspecified atom stereocenters. The first-order valence-corrected chi connectivity index (χ1v) is 9.40. The predicted molar refractivity (Wildman–Crippen MR) is 99.4 cm³/mol. The zero-order valence-corrected chi connectivity index (χ0v) is 15.1. The summed E-state index contributed by atoms with van der Waals surface area (Å²) in [4.78, 5) is 13.9. The first kappa shape index (κ1) is 17.8. The van der Waals surface area contributed by atoms with E-state index in [1.165, 1.54) is 11.1 Å². The Balaban J connectivity index is 1.58. The SMILES string of the molecule is BCCCC1CN(CC2Cc3ccc(Cl)cc3CN2)C[C@H]1C(=O)O. The molecule has 6 heteroatoms. The van der Waals surface area contributed by atoms with Crippen LogP contribution in [0.2, 0.25) is 11.3 Å². The fourth-order valence-electron chi connectivity index (χ4n) is 4.14. The van der Waals surface area contributed by atoms with Gasteiger partial charge in [0.05, 0.1) is 5.92 Å². The maximum Gasteiger partial charge on any atom is 0.308 e. The van der Waals surface area contributed by atoms with Crippen molar-refractivity contribution in [1.29, 1.82) is 0 Å². The summed E-state index contributed by atoms with van der Waals surface area (Å²) in [6.45, 7) is 3.38. The van der Waals surface area contributed by atoms with E-state index < -0.39 is 5.97 Å². The fourth-order valence-corrected chi connectivity index (χ4v) is 4.33. The molecule has 24 heavy (non-hydrogen) atoms. The van der Waals surface area contributed by atoms with E-state index in [9.17, 15) is 9.90 Å². The number of hydrogen-bond acceptors (Lipinski definition) is 3. The predicted octanol–water partition coefficient (Wildman–Crippen LogP) is 1.82. The molecule has 4 nitrogen and oxygen atoms in total. The highest BCUT2D eigenvalue weighted by Crippen LogP contribution is 2.29. The number of aliphatic carboxylic acids is 1. The quantitative estimate of drug-likeness (QED) is 0.770. The third-order valence-electron chi connectivity index (χ3n) is 5.46. The van der Waals surface area contributed by atoms with Crippen molar-refractivity contribution in [3.8, 4) is 0 Å². The molecule has 3 atom stereocenters. The van der Waals surface area contributed by atoms with Crippen molar-refractivity contribution in [2.75, 3.05) is 19.6 Å². The number of nitrogens with one attached hydrogen (secondary N) is 1. The summed E-state index contributed by atoms with van der Waals surface area (Å²) < 4.78 is 0. The molecule has 1 aromatic carbocycles. The van der Waals surface area contributed by atoms with E-state index in [0.29, 0.717) is 18.5 Å². The van der Waals surface area contributed by atoms with Gasteiger partial charge in [-0.15, -0.1) is 0 Å². The van der Waals surface area contributed by atoms with Crippen LogP contribution >= 0.6 is 11.6 Å². The lowest BCUT2D eigenvalue weighted by atomic mass is 9.88. The van der Waals surface area contributed by atoms with Crippen molar-refractivity contribution in [3.05, 3.63) is 34.3 Å². The van der Waals surface area contributed by atoms with E-state index in [4.69, 9.17) is 11.6 Å². The molecule has 2 aliphatic rings. The minimum Gasteiger partial charge on any atom is -0.481 e. The molecule has 130 valence electrons. The monoisotopic (exact) mass is 348 g/mol. The van der Waals surface area contributed by atoms with Gasteiger partial charge in [-0.05, 0) is 42.0 Å². The first-order valence-electron chi connectivity index (χ1n) is 9.02. The molecular weight excluding hydrogens is 322 g/mol. The van der Waals surface area contributed by atoms with Crippen molar-refractivity contribution in [1.82, 2.24) is 10.2 Å². The Morgan fingerprint density at radius 1 is 1.38 bits per heavy atom. The Morgan fingerprint density at radius 2 is 2.21 bits per heavy atom. The molecular formula is C18H26BClN2O2. The Hall–Kier alpha value is -1.04. The third-order valence-corrected chi connectivity index (χ3v) is 5.69. The second-order valence-electron chi connectivity index (χ2n) is 7.26. The van der Waals surface area contributed by atoms with Crippen molar-refractivity contribution >= 4 is 25.4 Å². The van der Waals surface area contributed by atoms with Gasteiger partial charge in [-0.2, -0.15) is 0 Å². The molecule has 2 heterocycles. The third kappa shape index (κ3) is 4.13. The molecule has 2 N–H and O–H groups in total. The molecule has 3 rings (SSSR count). The van der Waals surface area contributed by atoms with Gasteiger partial charge in [-0.25, -0.2) is 0 Å². The van der Waals surface area contributed by atoms with Crippen LogP contribution in [0.1, 0.15) is 24.0 Å². The molecule has 1 aromatic rings. The molecule has 0 spiro atoms. The summed E-state index contributed by atoms with van der Waals surface area (Å²) >= 11 is 6.06. The van der Waals surface area contributed by atoms with Gasteiger partial charge in [0.1, 0.15) is 7.85 Å². The summed E-state index contributed by atoms with van der Waals surface area (Å²) in [6.07, 6.45) is 4.27. The highest BCUT2D eigenvalue weighted by Gasteiger charge is 2.37. The Labute approximate surface area is 150 Å². The van der Waals surface area contributed by atoms with Crippen LogP contribution in [0.25, 0.3) is 0 Å². The first-order chi connectivity index (χ1) is 11.6. The molecule has 0 amide bonds. The highest BCUT2D eigenvalue weighted by molar-refractivity contribution is 6.30. The minimum atomic E-state index is -0.629. The van der Waals surface area contributed by atoms with Crippen LogP contribution in [-0.4, -0.2) is 49.5 Å². The van der Waals surface area contributed by atoms with E-state index in [0.717, 1.165) is 50.2 Å². The molecule has 2 aliphatic heterocycles. The van der Waals surface area contributed by atoms with Crippen molar-refractivity contribution in [2.45, 2.75) is 38.2 Å². The lowest BCUT2D eigenvalue weighted by molar-refractivity contribution is -0.142. The normalized spacial score (nSPS) is 27.1. The standard InChI is InChI=1S/C18H26BClN2O2/c19-5-1-2-13-9-22(11-17(13)18(23)24)10-16-7-12-3-4-15(20)6-14(12)8-21-16/h3-4,6,13,16-17,21H,1-2,5,7-11,19H2,(H,23,24)/t13?,16?,17-/m1/s1. The zero-order chi connectivity index (χ0) is 17.1. The summed E-state index contributed by atoms with van der Waals surface area (Å²) in [7, 11) is 2.16. The van der Waals surface area contributed by atoms with Crippen LogP contribution in [0.15, 0.2) is 18.2 Å². The lowest BCUT2D eigenvalue weighted by Gasteiger charge is -2.30. The number of hydrogen-bond donors (Lipinski definition) is 2. The topological polar surface area (TPSA) is 52.6 Å². The molecule has 0 bridgehead atoms. The summed E-state index contributed by atoms with van der Waals surface area (Å²) in [5, 5.41) is 13.9. The van der Waals surface area contributed by atoms with Crippen LogP contribution in [-0.2, 0) is 17.8 Å². The average Bonchev–Trinajstić information content (AvgIpc) is 2.96. The number of carboxylic acids is 1. The average molecular weight is 349 g/mol. The molecule has 0 saturated carbocycles. The van der Waals surface area contributed by atoms with Crippen molar-refractivity contribution < 1.29 is 9.90 Å². The van der Waals surface area contributed by atoms with Crippen molar-refractivity contribution in [3.63, 3.8) is 0 Å². The van der Waals surface area contributed by atoms with Gasteiger partial charge in [0.2, 0.25) is 0 Å². The van der Waals surface area contributed by atoms with Crippen molar-refractivity contribution in [2.24, 2.45) is 11.8 Å². The number of benzene rings is 1. The van der Waals surface area contributed by atoms with Gasteiger partial charge < -0.3 is 15.3 Å². The second-order valence-corrected chi connectivity index (χ2v) is 7.70. The van der Waals surface area contributed by atoms with Crippen LogP contribution in [0.3, 0.4) is 0 Å². The van der Waals surface area contributed by atoms with Gasteiger partial charge >= 0.3 is 5.97 Å².